The fraction of sp³-hybridized carbons (Fsp3) is 0.519. The molecule has 3 aliphatic rings. The molecule has 0 spiro atoms. The van der Waals surface area contributed by atoms with Crippen LogP contribution in [0.5, 0.6) is 5.75 Å². The van der Waals surface area contributed by atoms with Crippen molar-refractivity contribution in [2.24, 2.45) is 5.92 Å². The quantitative estimate of drug-likeness (QED) is 0.568. The normalized spacial score (nSPS) is 22.3. The molecule has 0 aromatic heterocycles. The second-order valence-electron chi connectivity index (χ2n) is 9.84. The number of nitrogens with one attached hydrogen (secondary N) is 1. The number of nitrogens with zero attached hydrogens (tertiary/aromatic N) is 3. The number of carbonyl (C=O) groups excluding carboxylic acids is 1. The third kappa shape index (κ3) is 5.35. The van der Waals surface area contributed by atoms with Crippen LogP contribution in [0.25, 0.3) is 0 Å². The van der Waals surface area contributed by atoms with E-state index < -0.39 is 0 Å². The summed E-state index contributed by atoms with van der Waals surface area (Å²) in [6.07, 6.45) is 2.90. The lowest BCUT2D eigenvalue weighted by Gasteiger charge is -2.45. The number of hydrogen-bond acceptors (Lipinski definition) is 5. The van der Waals surface area contributed by atoms with Crippen LogP contribution < -0.4 is 19.9 Å². The predicted octanol–water partition coefficient (Wildman–Crippen LogP) is 4.61. The van der Waals surface area contributed by atoms with Gasteiger partial charge in [0.25, 0.3) is 0 Å². The number of piperidine rings is 1. The van der Waals surface area contributed by atoms with Crippen molar-refractivity contribution in [1.29, 1.82) is 0 Å². The number of benzene rings is 2. The number of carbonyl (C=O) groups is 1. The Kier molecular flexibility index (Phi) is 7.61. The Balaban J connectivity index is 1.07. The first-order chi connectivity index (χ1) is 17.0. The molecular weight excluding hydrogens is 483 g/mol. The van der Waals surface area contributed by atoms with Gasteiger partial charge in [-0.2, -0.15) is 0 Å². The molecule has 0 saturated carbocycles. The zero-order valence-electron chi connectivity index (χ0n) is 20.3. The number of ether oxygens (including phenoxy) is 1. The van der Waals surface area contributed by atoms with Gasteiger partial charge in [0.05, 0.1) is 33.4 Å². The number of aryl methyl sites for hydroxylation is 1. The van der Waals surface area contributed by atoms with Crippen LogP contribution in [0.3, 0.4) is 0 Å². The minimum absolute atomic E-state index is 0.0246. The van der Waals surface area contributed by atoms with Gasteiger partial charge >= 0.3 is 0 Å². The first-order valence-electron chi connectivity index (χ1n) is 12.7. The van der Waals surface area contributed by atoms with E-state index in [-0.39, 0.29) is 17.9 Å². The van der Waals surface area contributed by atoms with Gasteiger partial charge in [0.15, 0.2) is 0 Å². The van der Waals surface area contributed by atoms with Crippen LogP contribution in [-0.2, 0) is 4.79 Å². The minimum atomic E-state index is -0.0246. The highest BCUT2D eigenvalue weighted by Gasteiger charge is 2.39. The summed E-state index contributed by atoms with van der Waals surface area (Å²) in [4.78, 5) is 20.3. The summed E-state index contributed by atoms with van der Waals surface area (Å²) in [5.74, 6) is 1.08. The van der Waals surface area contributed by atoms with E-state index in [2.05, 4.69) is 39.1 Å². The van der Waals surface area contributed by atoms with Gasteiger partial charge in [0.2, 0.25) is 5.91 Å². The summed E-state index contributed by atoms with van der Waals surface area (Å²) in [5, 5.41) is 4.45. The predicted molar refractivity (Wildman–Crippen MR) is 143 cm³/mol. The Morgan fingerprint density at radius 1 is 1.09 bits per heavy atom. The Hall–Kier alpha value is -2.15. The Labute approximate surface area is 218 Å². The van der Waals surface area contributed by atoms with Crippen molar-refractivity contribution in [3.63, 3.8) is 0 Å². The summed E-state index contributed by atoms with van der Waals surface area (Å²) >= 11 is 12.6. The van der Waals surface area contributed by atoms with E-state index in [4.69, 9.17) is 27.9 Å². The second-order valence-corrected chi connectivity index (χ2v) is 10.6. The number of piperazine rings is 1. The van der Waals surface area contributed by atoms with Gasteiger partial charge in [-0.1, -0.05) is 35.3 Å². The molecule has 0 bridgehead atoms. The molecule has 1 amide bonds. The van der Waals surface area contributed by atoms with Crippen LogP contribution in [0.2, 0.25) is 10.0 Å². The highest BCUT2D eigenvalue weighted by Crippen LogP contribution is 2.39. The number of rotatable bonds is 6. The number of halogens is 2. The number of hydrogen-bond donors (Lipinski definition) is 1. The van der Waals surface area contributed by atoms with Crippen LogP contribution in [0.4, 0.5) is 11.4 Å². The highest BCUT2D eigenvalue weighted by molar-refractivity contribution is 6.43. The molecular formula is C27H34Cl2N4O2. The zero-order valence-corrected chi connectivity index (χ0v) is 21.8. The van der Waals surface area contributed by atoms with E-state index in [1.54, 1.807) is 0 Å². The third-order valence-corrected chi connectivity index (χ3v) is 8.35. The lowest BCUT2D eigenvalue weighted by Crippen LogP contribution is -2.55. The van der Waals surface area contributed by atoms with E-state index in [0.29, 0.717) is 23.2 Å². The van der Waals surface area contributed by atoms with E-state index in [0.717, 1.165) is 75.7 Å². The number of amides is 1. The molecule has 1 N–H and O–H groups in total. The van der Waals surface area contributed by atoms with Crippen molar-refractivity contribution in [3.8, 4) is 5.75 Å². The SMILES string of the molecule is Cc1ccc2c(c1)N1CCCC(C(=O)NCCCN3CCN(c4cccc(Cl)c4Cl)CC3)C1CO2. The summed E-state index contributed by atoms with van der Waals surface area (Å²) in [6.45, 7) is 9.16. The summed E-state index contributed by atoms with van der Waals surface area (Å²) < 4.78 is 6.04. The third-order valence-electron chi connectivity index (χ3n) is 7.54. The average Bonchev–Trinajstić information content (AvgIpc) is 2.88. The molecule has 6 nitrogen and oxygen atoms in total. The van der Waals surface area contributed by atoms with E-state index in [9.17, 15) is 4.79 Å². The summed E-state index contributed by atoms with van der Waals surface area (Å²) in [6, 6.07) is 12.2. The molecule has 8 heteroatoms. The lowest BCUT2D eigenvalue weighted by molar-refractivity contribution is -0.126. The molecule has 2 aromatic rings. The molecule has 35 heavy (non-hydrogen) atoms. The average molecular weight is 518 g/mol. The van der Waals surface area contributed by atoms with Crippen LogP contribution in [0, 0.1) is 12.8 Å². The largest absolute Gasteiger partial charge is 0.489 e. The first kappa shape index (κ1) is 24.5. The van der Waals surface area contributed by atoms with E-state index in [1.807, 2.05) is 24.3 Å². The van der Waals surface area contributed by atoms with Crippen LogP contribution in [0.15, 0.2) is 36.4 Å². The topological polar surface area (TPSA) is 48.1 Å². The van der Waals surface area contributed by atoms with E-state index >= 15 is 0 Å². The minimum Gasteiger partial charge on any atom is -0.489 e. The van der Waals surface area contributed by atoms with Crippen LogP contribution in [-0.4, -0.2) is 69.3 Å². The second kappa shape index (κ2) is 10.9. The molecule has 3 aliphatic heterocycles. The van der Waals surface area contributed by atoms with Gasteiger partial charge in [0.1, 0.15) is 12.4 Å². The van der Waals surface area contributed by atoms with Gasteiger partial charge in [-0.25, -0.2) is 0 Å². The highest BCUT2D eigenvalue weighted by atomic mass is 35.5. The van der Waals surface area contributed by atoms with Gasteiger partial charge < -0.3 is 19.9 Å². The maximum atomic E-state index is 13.1. The fourth-order valence-corrected chi connectivity index (χ4v) is 6.03. The maximum Gasteiger partial charge on any atom is 0.225 e. The zero-order chi connectivity index (χ0) is 24.4. The van der Waals surface area contributed by atoms with Crippen molar-refractivity contribution in [3.05, 3.63) is 52.0 Å². The summed E-state index contributed by atoms with van der Waals surface area (Å²) in [7, 11) is 0. The van der Waals surface area contributed by atoms with Crippen molar-refractivity contribution in [2.45, 2.75) is 32.2 Å². The molecule has 188 valence electrons. The van der Waals surface area contributed by atoms with Crippen molar-refractivity contribution < 1.29 is 9.53 Å². The molecule has 0 aliphatic carbocycles. The Morgan fingerprint density at radius 3 is 2.74 bits per heavy atom. The first-order valence-corrected chi connectivity index (χ1v) is 13.5. The number of anilines is 2. The maximum absolute atomic E-state index is 13.1. The molecule has 3 heterocycles. The lowest BCUT2D eigenvalue weighted by atomic mass is 9.87. The molecule has 2 aromatic carbocycles. The molecule has 2 saturated heterocycles. The number of fused-ring (bicyclic) bond motifs is 3. The van der Waals surface area contributed by atoms with E-state index in [1.165, 1.54) is 5.56 Å². The van der Waals surface area contributed by atoms with Crippen LogP contribution >= 0.6 is 23.2 Å². The summed E-state index contributed by atoms with van der Waals surface area (Å²) in [5.41, 5.74) is 3.37. The monoisotopic (exact) mass is 516 g/mol. The van der Waals surface area contributed by atoms with Gasteiger partial charge in [-0.3, -0.25) is 9.69 Å². The van der Waals surface area contributed by atoms with Gasteiger partial charge in [-0.15, -0.1) is 0 Å². The van der Waals surface area contributed by atoms with Gasteiger partial charge in [-0.05, 0) is 62.6 Å². The molecule has 5 rings (SSSR count). The van der Waals surface area contributed by atoms with Crippen molar-refractivity contribution in [2.75, 3.05) is 62.2 Å². The fourth-order valence-electron chi connectivity index (χ4n) is 5.61. The molecule has 2 atom stereocenters. The standard InChI is InChI=1S/C27H34Cl2N4O2/c1-19-8-9-25-23(17-19)33-12-3-5-20(24(33)18-35-25)27(34)30-10-4-11-31-13-15-32(16-14-31)22-7-2-6-21(28)26(22)29/h2,6-9,17,20,24H,3-5,10-16,18H2,1H3,(H,30,34). The molecule has 2 unspecified atom stereocenters. The molecule has 2 fully saturated rings. The Bertz CT molecular complexity index is 1060. The molecule has 0 radical (unpaired) electrons. The van der Waals surface area contributed by atoms with Crippen molar-refractivity contribution in [1.82, 2.24) is 10.2 Å². The Morgan fingerprint density at radius 2 is 1.91 bits per heavy atom. The van der Waals surface area contributed by atoms with Gasteiger partial charge in [0, 0.05) is 39.3 Å². The van der Waals surface area contributed by atoms with Crippen molar-refractivity contribution >= 4 is 40.5 Å². The smallest absolute Gasteiger partial charge is 0.225 e. The van der Waals surface area contributed by atoms with Crippen LogP contribution in [0.1, 0.15) is 24.8 Å².